The summed E-state index contributed by atoms with van der Waals surface area (Å²) in [5.41, 5.74) is 2.75. The van der Waals surface area contributed by atoms with E-state index in [1.807, 2.05) is 30.9 Å². The van der Waals surface area contributed by atoms with E-state index in [1.165, 1.54) is 10.4 Å². The third-order valence-corrected chi connectivity index (χ3v) is 6.26. The Morgan fingerprint density at radius 1 is 1.07 bits per heavy atom. The van der Waals surface area contributed by atoms with Gasteiger partial charge in [-0.3, -0.25) is 9.10 Å². The number of amides is 1. The Bertz CT molecular complexity index is 1000. The minimum absolute atomic E-state index is 0.247. The first-order valence-electron chi connectivity index (χ1n) is 9.49. The summed E-state index contributed by atoms with van der Waals surface area (Å²) in [7, 11) is -3.62. The van der Waals surface area contributed by atoms with Crippen LogP contribution in [0.5, 0.6) is 0 Å². The fourth-order valence-corrected chi connectivity index (χ4v) is 4.40. The molecule has 0 saturated carbocycles. The van der Waals surface area contributed by atoms with Crippen molar-refractivity contribution in [3.63, 3.8) is 0 Å². The second-order valence-corrected chi connectivity index (χ2v) is 9.29. The molecule has 0 aromatic heterocycles. The molecule has 1 heterocycles. The number of nitrogens with zero attached hydrogens (tertiary/aromatic N) is 3. The number of halogens is 1. The summed E-state index contributed by atoms with van der Waals surface area (Å²) >= 11 is 0. The summed E-state index contributed by atoms with van der Waals surface area (Å²) < 4.78 is 40.0. The molecule has 0 radical (unpaired) electrons. The number of benzene rings is 2. The molecule has 156 valence electrons. The molecule has 6 nitrogen and oxygen atoms in total. The van der Waals surface area contributed by atoms with Gasteiger partial charge in [-0.15, -0.1) is 0 Å². The van der Waals surface area contributed by atoms with Crippen LogP contribution in [0.25, 0.3) is 0 Å². The van der Waals surface area contributed by atoms with Crippen molar-refractivity contribution in [2.24, 2.45) is 0 Å². The van der Waals surface area contributed by atoms with Gasteiger partial charge in [0.2, 0.25) is 15.9 Å². The maximum atomic E-state index is 14.0. The summed E-state index contributed by atoms with van der Waals surface area (Å²) in [5.74, 6) is -0.546. The number of hydrogen-bond donors (Lipinski definition) is 0. The van der Waals surface area contributed by atoms with Crippen LogP contribution in [0.1, 0.15) is 11.1 Å². The van der Waals surface area contributed by atoms with E-state index in [2.05, 4.69) is 0 Å². The summed E-state index contributed by atoms with van der Waals surface area (Å²) in [6.45, 7) is 5.28. The van der Waals surface area contributed by atoms with E-state index in [0.717, 1.165) is 17.4 Å². The van der Waals surface area contributed by atoms with Crippen LogP contribution < -0.4 is 9.21 Å². The maximum Gasteiger partial charge on any atom is 0.243 e. The predicted octanol–water partition coefficient (Wildman–Crippen LogP) is 2.56. The van der Waals surface area contributed by atoms with Crippen molar-refractivity contribution >= 4 is 27.3 Å². The average molecular weight is 420 g/mol. The lowest BCUT2D eigenvalue weighted by atomic mass is 10.1. The summed E-state index contributed by atoms with van der Waals surface area (Å²) in [6, 6.07) is 12.1. The number of anilines is 2. The van der Waals surface area contributed by atoms with Gasteiger partial charge in [-0.05, 0) is 43.2 Å². The molecule has 0 unspecified atom stereocenters. The Labute approximate surface area is 171 Å². The maximum absolute atomic E-state index is 14.0. The lowest BCUT2D eigenvalue weighted by Gasteiger charge is -2.37. The number of rotatable bonds is 5. The number of hydrogen-bond acceptors (Lipinski definition) is 4. The van der Waals surface area contributed by atoms with Crippen LogP contribution in [0.4, 0.5) is 15.8 Å². The second-order valence-electron chi connectivity index (χ2n) is 7.38. The van der Waals surface area contributed by atoms with Crippen LogP contribution in [-0.2, 0) is 14.8 Å². The van der Waals surface area contributed by atoms with E-state index in [4.69, 9.17) is 0 Å². The predicted molar refractivity (Wildman–Crippen MR) is 113 cm³/mol. The van der Waals surface area contributed by atoms with Gasteiger partial charge >= 0.3 is 0 Å². The van der Waals surface area contributed by atoms with Gasteiger partial charge in [0.1, 0.15) is 12.4 Å². The quantitative estimate of drug-likeness (QED) is 0.747. The van der Waals surface area contributed by atoms with Crippen LogP contribution in [0.2, 0.25) is 0 Å². The zero-order valence-corrected chi connectivity index (χ0v) is 17.7. The number of sulfonamides is 1. The molecule has 29 heavy (non-hydrogen) atoms. The summed E-state index contributed by atoms with van der Waals surface area (Å²) in [6.07, 6.45) is 1.11. The molecule has 2 aromatic rings. The molecule has 2 aromatic carbocycles. The van der Waals surface area contributed by atoms with Gasteiger partial charge in [-0.2, -0.15) is 0 Å². The topological polar surface area (TPSA) is 60.9 Å². The minimum atomic E-state index is -3.62. The first kappa shape index (κ1) is 21.1. The Kier molecular flexibility index (Phi) is 6.12. The standard InChI is InChI=1S/C21H26FN3O3S/c1-16-8-9-17(2)20(14-16)25(29(3,27)28)15-21(26)24-12-10-23(11-13-24)19-7-5-4-6-18(19)22/h4-9,14H,10-13,15H2,1-3H3. The molecule has 1 aliphatic heterocycles. The minimum Gasteiger partial charge on any atom is -0.366 e. The number of piperazine rings is 1. The van der Waals surface area contributed by atoms with Gasteiger partial charge in [-0.1, -0.05) is 24.3 Å². The van der Waals surface area contributed by atoms with E-state index >= 15 is 0 Å². The van der Waals surface area contributed by atoms with Gasteiger partial charge in [0.15, 0.2) is 0 Å². The van der Waals surface area contributed by atoms with E-state index in [0.29, 0.717) is 37.6 Å². The fraction of sp³-hybridized carbons (Fsp3) is 0.381. The van der Waals surface area contributed by atoms with Crippen molar-refractivity contribution in [2.45, 2.75) is 13.8 Å². The lowest BCUT2D eigenvalue weighted by molar-refractivity contribution is -0.129. The molecule has 1 aliphatic rings. The van der Waals surface area contributed by atoms with Gasteiger partial charge in [0.25, 0.3) is 0 Å². The van der Waals surface area contributed by atoms with Crippen molar-refractivity contribution < 1.29 is 17.6 Å². The van der Waals surface area contributed by atoms with Gasteiger partial charge in [-0.25, -0.2) is 12.8 Å². The number of carbonyl (C=O) groups excluding carboxylic acids is 1. The number of aryl methyl sites for hydroxylation is 2. The zero-order chi connectivity index (χ0) is 21.2. The van der Waals surface area contributed by atoms with Crippen molar-refractivity contribution in [3.8, 4) is 0 Å². The van der Waals surface area contributed by atoms with E-state index in [-0.39, 0.29) is 18.3 Å². The molecule has 8 heteroatoms. The molecule has 0 aliphatic carbocycles. The summed E-state index contributed by atoms with van der Waals surface area (Å²) in [4.78, 5) is 16.4. The molecule has 1 saturated heterocycles. The van der Waals surface area contributed by atoms with Crippen molar-refractivity contribution in [1.29, 1.82) is 0 Å². The molecular weight excluding hydrogens is 393 g/mol. The van der Waals surface area contributed by atoms with Crippen LogP contribution in [-0.4, -0.2) is 58.2 Å². The average Bonchev–Trinajstić information content (AvgIpc) is 2.68. The smallest absolute Gasteiger partial charge is 0.243 e. The molecule has 0 N–H and O–H groups in total. The van der Waals surface area contributed by atoms with Gasteiger partial charge in [0.05, 0.1) is 17.6 Å². The molecule has 1 amide bonds. The lowest BCUT2D eigenvalue weighted by Crippen LogP contribution is -2.52. The molecule has 1 fully saturated rings. The Hall–Kier alpha value is -2.61. The van der Waals surface area contributed by atoms with Crippen LogP contribution >= 0.6 is 0 Å². The fourth-order valence-electron chi connectivity index (χ4n) is 3.50. The van der Waals surface area contributed by atoms with Crippen molar-refractivity contribution in [3.05, 3.63) is 59.4 Å². The van der Waals surface area contributed by atoms with Gasteiger partial charge < -0.3 is 9.80 Å². The van der Waals surface area contributed by atoms with Crippen LogP contribution in [0.3, 0.4) is 0 Å². The van der Waals surface area contributed by atoms with E-state index < -0.39 is 10.0 Å². The van der Waals surface area contributed by atoms with Crippen molar-refractivity contribution in [2.75, 3.05) is 48.2 Å². The largest absolute Gasteiger partial charge is 0.366 e. The highest BCUT2D eigenvalue weighted by atomic mass is 32.2. The highest BCUT2D eigenvalue weighted by molar-refractivity contribution is 7.92. The highest BCUT2D eigenvalue weighted by Gasteiger charge is 2.28. The van der Waals surface area contributed by atoms with E-state index in [1.54, 1.807) is 29.2 Å². The second kappa shape index (κ2) is 8.41. The number of para-hydroxylation sites is 1. The Morgan fingerprint density at radius 2 is 1.72 bits per heavy atom. The van der Waals surface area contributed by atoms with E-state index in [9.17, 15) is 17.6 Å². The normalized spacial score (nSPS) is 14.8. The third-order valence-electron chi connectivity index (χ3n) is 5.14. The monoisotopic (exact) mass is 419 g/mol. The Morgan fingerprint density at radius 3 is 2.34 bits per heavy atom. The Balaban J connectivity index is 1.72. The first-order valence-corrected chi connectivity index (χ1v) is 11.3. The first-order chi connectivity index (χ1) is 13.7. The molecule has 0 spiro atoms. The molecular formula is C21H26FN3O3S. The van der Waals surface area contributed by atoms with Gasteiger partial charge in [0, 0.05) is 26.2 Å². The zero-order valence-electron chi connectivity index (χ0n) is 16.9. The van der Waals surface area contributed by atoms with Crippen LogP contribution in [0, 0.1) is 19.7 Å². The van der Waals surface area contributed by atoms with Crippen molar-refractivity contribution in [1.82, 2.24) is 4.90 Å². The molecule has 0 bridgehead atoms. The van der Waals surface area contributed by atoms with Crippen LogP contribution in [0.15, 0.2) is 42.5 Å². The SMILES string of the molecule is Cc1ccc(C)c(N(CC(=O)N2CCN(c3ccccc3F)CC2)S(C)(=O)=O)c1. The molecule has 0 atom stereocenters. The summed E-state index contributed by atoms with van der Waals surface area (Å²) in [5, 5.41) is 0. The molecule has 3 rings (SSSR count). The third kappa shape index (κ3) is 4.87. The number of carbonyl (C=O) groups is 1. The highest BCUT2D eigenvalue weighted by Crippen LogP contribution is 2.25.